The third kappa shape index (κ3) is 7.37. The summed E-state index contributed by atoms with van der Waals surface area (Å²) < 4.78 is 0. The Hall–Kier alpha value is -1.47. The number of benzene rings is 3. The van der Waals surface area contributed by atoms with Gasteiger partial charge in [-0.15, -0.1) is 17.0 Å². The quantitative estimate of drug-likeness (QED) is 0.273. The molecule has 0 aliphatic carbocycles. The van der Waals surface area contributed by atoms with Gasteiger partial charge in [-0.25, -0.2) is 0 Å². The zero-order valence-electron chi connectivity index (χ0n) is 17.0. The van der Waals surface area contributed by atoms with Crippen molar-refractivity contribution in [2.24, 2.45) is 0 Å². The molecule has 154 valence electrons. The number of hydrogen-bond donors (Lipinski definition) is 1. The Morgan fingerprint density at radius 3 is 1.62 bits per heavy atom. The van der Waals surface area contributed by atoms with Crippen LogP contribution in [-0.2, 0) is 6.42 Å². The predicted molar refractivity (Wildman–Crippen MR) is 134 cm³/mol. The minimum Gasteiger partial charge on any atom is -0.396 e. The van der Waals surface area contributed by atoms with E-state index in [1.165, 1.54) is 47.2 Å². The van der Waals surface area contributed by atoms with Crippen molar-refractivity contribution in [2.45, 2.75) is 44.9 Å². The summed E-state index contributed by atoms with van der Waals surface area (Å²) in [5, 5.41) is 13.2. The van der Waals surface area contributed by atoms with Crippen LogP contribution < -0.4 is 15.9 Å². The third-order valence-electron chi connectivity index (χ3n) is 5.12. The van der Waals surface area contributed by atoms with Crippen LogP contribution in [0.5, 0.6) is 0 Å². The molecule has 0 heterocycles. The Labute approximate surface area is 187 Å². The van der Waals surface area contributed by atoms with Gasteiger partial charge in [-0.05, 0) is 48.7 Å². The first-order valence-corrected chi connectivity index (χ1v) is 11.8. The average molecular weight is 471 g/mol. The average Bonchev–Trinajstić information content (AvgIpc) is 2.76. The molecular formula is C26H32BrOP. The molecule has 0 aromatic heterocycles. The van der Waals surface area contributed by atoms with Crippen molar-refractivity contribution in [3.8, 4) is 0 Å². The SMILES string of the molecule is Br.OCCCCCCCCc1ccccc1P(c1ccccc1)c1ccccc1. The van der Waals surface area contributed by atoms with E-state index in [9.17, 15) is 0 Å². The molecule has 0 saturated carbocycles. The highest BCUT2D eigenvalue weighted by molar-refractivity contribution is 8.93. The fraction of sp³-hybridized carbons (Fsp3) is 0.308. The van der Waals surface area contributed by atoms with Crippen LogP contribution >= 0.6 is 24.9 Å². The van der Waals surface area contributed by atoms with Crippen molar-refractivity contribution in [3.05, 3.63) is 90.5 Å². The number of aryl methyl sites for hydroxylation is 1. The van der Waals surface area contributed by atoms with Gasteiger partial charge in [0.2, 0.25) is 0 Å². The summed E-state index contributed by atoms with van der Waals surface area (Å²) in [5.41, 5.74) is 1.50. The third-order valence-corrected chi connectivity index (χ3v) is 7.66. The van der Waals surface area contributed by atoms with Crippen molar-refractivity contribution in [2.75, 3.05) is 6.61 Å². The number of aliphatic hydroxyl groups excluding tert-OH is 1. The molecule has 0 bridgehead atoms. The molecule has 0 radical (unpaired) electrons. The van der Waals surface area contributed by atoms with Crippen LogP contribution in [0.25, 0.3) is 0 Å². The maximum atomic E-state index is 8.89. The Bertz CT molecular complexity index is 768. The van der Waals surface area contributed by atoms with Crippen molar-refractivity contribution >= 4 is 40.8 Å². The fourth-order valence-corrected chi connectivity index (χ4v) is 6.16. The fourth-order valence-electron chi connectivity index (χ4n) is 3.66. The summed E-state index contributed by atoms with van der Waals surface area (Å²) in [6, 6.07) is 31.0. The van der Waals surface area contributed by atoms with Gasteiger partial charge < -0.3 is 5.11 Å². The monoisotopic (exact) mass is 470 g/mol. The van der Waals surface area contributed by atoms with Gasteiger partial charge in [-0.2, -0.15) is 0 Å². The minimum absolute atomic E-state index is 0. The maximum absolute atomic E-state index is 8.89. The van der Waals surface area contributed by atoms with Crippen molar-refractivity contribution < 1.29 is 5.11 Å². The summed E-state index contributed by atoms with van der Waals surface area (Å²) >= 11 is 0. The topological polar surface area (TPSA) is 20.2 Å². The maximum Gasteiger partial charge on any atom is 0.0431 e. The second kappa shape index (κ2) is 13.7. The predicted octanol–water partition coefficient (Wildman–Crippen LogP) is 5.90. The Morgan fingerprint density at radius 1 is 0.552 bits per heavy atom. The van der Waals surface area contributed by atoms with Gasteiger partial charge in [-0.1, -0.05) is 111 Å². The molecule has 0 amide bonds. The van der Waals surface area contributed by atoms with Crippen LogP contribution in [-0.4, -0.2) is 11.7 Å². The molecule has 29 heavy (non-hydrogen) atoms. The molecule has 3 heteroatoms. The molecule has 0 aliphatic heterocycles. The first-order valence-electron chi connectivity index (χ1n) is 10.5. The van der Waals surface area contributed by atoms with Crippen LogP contribution in [0.4, 0.5) is 0 Å². The molecule has 1 nitrogen and oxygen atoms in total. The molecule has 0 atom stereocenters. The van der Waals surface area contributed by atoms with E-state index in [1.807, 2.05) is 0 Å². The minimum atomic E-state index is -0.527. The Balaban J connectivity index is 0.00000300. The molecule has 3 aromatic rings. The summed E-state index contributed by atoms with van der Waals surface area (Å²) in [6.07, 6.45) is 8.27. The van der Waals surface area contributed by atoms with Crippen LogP contribution in [0.3, 0.4) is 0 Å². The van der Waals surface area contributed by atoms with E-state index in [0.717, 1.165) is 19.3 Å². The van der Waals surface area contributed by atoms with Gasteiger partial charge in [0.05, 0.1) is 0 Å². The first kappa shape index (κ1) is 23.8. The molecule has 3 aromatic carbocycles. The second-order valence-corrected chi connectivity index (χ2v) is 9.42. The van der Waals surface area contributed by atoms with E-state index < -0.39 is 7.92 Å². The summed E-state index contributed by atoms with van der Waals surface area (Å²) in [7, 11) is -0.527. The van der Waals surface area contributed by atoms with Crippen LogP contribution in [0.2, 0.25) is 0 Å². The van der Waals surface area contributed by atoms with Gasteiger partial charge >= 0.3 is 0 Å². The number of halogens is 1. The highest BCUT2D eigenvalue weighted by Gasteiger charge is 2.18. The standard InChI is InChI=1S/C26H31OP.BrH/c27-22-14-4-2-1-3-7-15-23-16-12-13-21-26(23)28(24-17-8-5-9-18-24)25-19-10-6-11-20-25;/h5-6,8-13,16-21,27H,1-4,7,14-15,22H2;1H. The van der Waals surface area contributed by atoms with Crippen molar-refractivity contribution in [3.63, 3.8) is 0 Å². The molecule has 0 unspecified atom stereocenters. The van der Waals surface area contributed by atoms with E-state index in [2.05, 4.69) is 84.9 Å². The molecular weight excluding hydrogens is 439 g/mol. The molecule has 0 fully saturated rings. The molecule has 0 saturated heterocycles. The number of hydrogen-bond acceptors (Lipinski definition) is 1. The van der Waals surface area contributed by atoms with Crippen molar-refractivity contribution in [1.82, 2.24) is 0 Å². The highest BCUT2D eigenvalue weighted by atomic mass is 79.9. The van der Waals surface area contributed by atoms with Crippen molar-refractivity contribution in [1.29, 1.82) is 0 Å². The van der Waals surface area contributed by atoms with Gasteiger partial charge in [-0.3, -0.25) is 0 Å². The van der Waals surface area contributed by atoms with Gasteiger partial charge in [0.15, 0.2) is 0 Å². The zero-order valence-corrected chi connectivity index (χ0v) is 19.6. The Kier molecular flexibility index (Phi) is 11.2. The Morgan fingerprint density at radius 2 is 1.03 bits per heavy atom. The smallest absolute Gasteiger partial charge is 0.0431 e. The summed E-state index contributed by atoms with van der Waals surface area (Å²) in [6.45, 7) is 0.329. The molecule has 3 rings (SSSR count). The normalized spacial score (nSPS) is 10.7. The van der Waals surface area contributed by atoms with Crippen LogP contribution in [0.1, 0.15) is 44.1 Å². The largest absolute Gasteiger partial charge is 0.396 e. The van der Waals surface area contributed by atoms with E-state index in [-0.39, 0.29) is 17.0 Å². The number of unbranched alkanes of at least 4 members (excludes halogenated alkanes) is 5. The highest BCUT2D eigenvalue weighted by Crippen LogP contribution is 2.34. The number of rotatable bonds is 11. The van der Waals surface area contributed by atoms with Gasteiger partial charge in [0.1, 0.15) is 0 Å². The first-order chi connectivity index (χ1) is 13.9. The second-order valence-electron chi connectivity index (χ2n) is 7.23. The lowest BCUT2D eigenvalue weighted by atomic mass is 10.0. The van der Waals surface area contributed by atoms with E-state index in [4.69, 9.17) is 5.11 Å². The van der Waals surface area contributed by atoms with Crippen LogP contribution in [0, 0.1) is 0 Å². The van der Waals surface area contributed by atoms with Gasteiger partial charge in [0, 0.05) is 6.61 Å². The lowest BCUT2D eigenvalue weighted by Gasteiger charge is -2.22. The van der Waals surface area contributed by atoms with E-state index in [1.54, 1.807) is 0 Å². The summed E-state index contributed by atoms with van der Waals surface area (Å²) in [5.74, 6) is 0. The lowest BCUT2D eigenvalue weighted by molar-refractivity contribution is 0.282. The van der Waals surface area contributed by atoms with E-state index in [0.29, 0.717) is 6.61 Å². The summed E-state index contributed by atoms with van der Waals surface area (Å²) in [4.78, 5) is 0. The van der Waals surface area contributed by atoms with E-state index >= 15 is 0 Å². The van der Waals surface area contributed by atoms with Gasteiger partial charge in [0.25, 0.3) is 0 Å². The number of aliphatic hydroxyl groups is 1. The van der Waals surface area contributed by atoms with Crippen LogP contribution in [0.15, 0.2) is 84.9 Å². The molecule has 1 N–H and O–H groups in total. The lowest BCUT2D eigenvalue weighted by Crippen LogP contribution is -2.23. The molecule has 0 aliphatic rings. The molecule has 0 spiro atoms. The zero-order chi connectivity index (χ0) is 19.4.